The standard InChI is InChI=1S/C28H22N2O3S/c1-17-7-13-23(14-8-17)34-27-21(15-20-6-4-5-18(2)25(20)30-27)16-24-28(31)33-26(29-24)19-9-11-22(32-3)12-10-19/h4-16H,1-3H3. The maximum Gasteiger partial charge on any atom is 0.363 e. The summed E-state index contributed by atoms with van der Waals surface area (Å²) >= 11 is 1.56. The van der Waals surface area contributed by atoms with Crippen LogP contribution in [0.2, 0.25) is 0 Å². The van der Waals surface area contributed by atoms with Gasteiger partial charge in [0.15, 0.2) is 5.70 Å². The molecule has 0 saturated heterocycles. The van der Waals surface area contributed by atoms with Crippen LogP contribution in [0.1, 0.15) is 22.3 Å². The van der Waals surface area contributed by atoms with Gasteiger partial charge < -0.3 is 9.47 Å². The Labute approximate surface area is 202 Å². The number of fused-ring (bicyclic) bond motifs is 1. The summed E-state index contributed by atoms with van der Waals surface area (Å²) < 4.78 is 10.7. The SMILES string of the molecule is COc1ccc(C2=NC(=Cc3cc4cccc(C)c4nc3Sc3ccc(C)cc3)C(=O)O2)cc1. The van der Waals surface area contributed by atoms with Crippen molar-refractivity contribution in [2.24, 2.45) is 4.99 Å². The minimum Gasteiger partial charge on any atom is -0.497 e. The maximum atomic E-state index is 12.7. The van der Waals surface area contributed by atoms with Gasteiger partial charge in [-0.3, -0.25) is 0 Å². The molecule has 0 fully saturated rings. The first-order chi connectivity index (χ1) is 16.5. The number of methoxy groups -OCH3 is 1. The lowest BCUT2D eigenvalue weighted by Gasteiger charge is -2.10. The lowest BCUT2D eigenvalue weighted by Crippen LogP contribution is -2.05. The van der Waals surface area contributed by atoms with Crippen LogP contribution >= 0.6 is 11.8 Å². The van der Waals surface area contributed by atoms with E-state index in [4.69, 9.17) is 14.5 Å². The predicted octanol–water partition coefficient (Wildman–Crippen LogP) is 6.36. The van der Waals surface area contributed by atoms with Crippen molar-refractivity contribution < 1.29 is 14.3 Å². The van der Waals surface area contributed by atoms with Crippen LogP contribution < -0.4 is 4.74 Å². The first-order valence-corrected chi connectivity index (χ1v) is 11.6. The number of carbonyl (C=O) groups is 1. The van der Waals surface area contributed by atoms with Crippen LogP contribution in [0.5, 0.6) is 5.75 Å². The Hall–Kier alpha value is -3.90. The number of aryl methyl sites for hydroxylation is 2. The highest BCUT2D eigenvalue weighted by molar-refractivity contribution is 7.99. The molecule has 1 aromatic heterocycles. The molecule has 2 heterocycles. The van der Waals surface area contributed by atoms with Gasteiger partial charge in [-0.25, -0.2) is 14.8 Å². The number of aromatic nitrogens is 1. The molecular formula is C28H22N2O3S. The Morgan fingerprint density at radius 2 is 1.74 bits per heavy atom. The number of para-hydroxylation sites is 1. The summed E-state index contributed by atoms with van der Waals surface area (Å²) in [6.07, 6.45) is 1.75. The molecule has 1 aliphatic rings. The normalized spacial score (nSPS) is 14.4. The van der Waals surface area contributed by atoms with E-state index in [9.17, 15) is 4.79 Å². The highest BCUT2D eigenvalue weighted by Gasteiger charge is 2.25. The molecule has 0 unspecified atom stereocenters. The van der Waals surface area contributed by atoms with Gasteiger partial charge in [-0.1, -0.05) is 47.7 Å². The van der Waals surface area contributed by atoms with Crippen molar-refractivity contribution >= 4 is 40.6 Å². The van der Waals surface area contributed by atoms with Crippen molar-refractivity contribution in [2.45, 2.75) is 23.8 Å². The lowest BCUT2D eigenvalue weighted by atomic mass is 10.1. The number of nitrogens with zero attached hydrogens (tertiary/aromatic N) is 2. The molecule has 0 atom stereocenters. The number of benzene rings is 3. The second kappa shape index (κ2) is 9.15. The third-order valence-corrected chi connectivity index (χ3v) is 6.55. The van der Waals surface area contributed by atoms with Gasteiger partial charge in [-0.2, -0.15) is 0 Å². The Morgan fingerprint density at radius 1 is 0.971 bits per heavy atom. The number of pyridine rings is 1. The van der Waals surface area contributed by atoms with Gasteiger partial charge in [0.1, 0.15) is 10.8 Å². The van der Waals surface area contributed by atoms with Crippen molar-refractivity contribution in [3.05, 3.63) is 101 Å². The number of ether oxygens (including phenoxy) is 2. The molecule has 3 aromatic carbocycles. The Kier molecular flexibility index (Phi) is 5.90. The van der Waals surface area contributed by atoms with Crippen LogP contribution in [-0.2, 0) is 9.53 Å². The summed E-state index contributed by atoms with van der Waals surface area (Å²) in [5.74, 6) is 0.511. The van der Waals surface area contributed by atoms with Crippen molar-refractivity contribution in [3.63, 3.8) is 0 Å². The summed E-state index contributed by atoms with van der Waals surface area (Å²) in [5, 5.41) is 1.81. The van der Waals surface area contributed by atoms with Crippen LogP contribution in [0.25, 0.3) is 17.0 Å². The number of esters is 1. The van der Waals surface area contributed by atoms with Crippen LogP contribution in [0.15, 0.2) is 93.4 Å². The summed E-state index contributed by atoms with van der Waals surface area (Å²) in [6.45, 7) is 4.11. The predicted molar refractivity (Wildman–Crippen MR) is 135 cm³/mol. The number of aliphatic imine (C=N–C) groups is 1. The number of rotatable bonds is 5. The molecule has 168 valence electrons. The third-order valence-electron chi connectivity index (χ3n) is 5.53. The van der Waals surface area contributed by atoms with Crippen molar-refractivity contribution in [2.75, 3.05) is 7.11 Å². The molecule has 0 amide bonds. The first-order valence-electron chi connectivity index (χ1n) is 10.8. The number of carbonyl (C=O) groups excluding carboxylic acids is 1. The molecule has 0 saturated carbocycles. The molecule has 34 heavy (non-hydrogen) atoms. The van der Waals surface area contributed by atoms with Crippen molar-refractivity contribution in [1.29, 1.82) is 0 Å². The van der Waals surface area contributed by atoms with Gasteiger partial charge in [0.2, 0.25) is 5.90 Å². The average molecular weight is 467 g/mol. The van der Waals surface area contributed by atoms with Crippen LogP contribution in [0.4, 0.5) is 0 Å². The average Bonchev–Trinajstić information content (AvgIpc) is 3.21. The van der Waals surface area contributed by atoms with E-state index in [0.717, 1.165) is 37.7 Å². The van der Waals surface area contributed by atoms with E-state index < -0.39 is 5.97 Å². The number of hydrogen-bond acceptors (Lipinski definition) is 6. The molecule has 4 aromatic rings. The Balaban J connectivity index is 1.57. The van der Waals surface area contributed by atoms with E-state index in [0.29, 0.717) is 5.56 Å². The van der Waals surface area contributed by atoms with E-state index in [-0.39, 0.29) is 11.6 Å². The molecular weight excluding hydrogens is 444 g/mol. The zero-order valence-electron chi connectivity index (χ0n) is 19.0. The summed E-state index contributed by atoms with van der Waals surface area (Å²) in [6, 6.07) is 23.7. The molecule has 5 nitrogen and oxygen atoms in total. The summed E-state index contributed by atoms with van der Waals surface area (Å²) in [5.41, 5.74) is 5.00. The molecule has 0 aliphatic carbocycles. The molecule has 0 spiro atoms. The van der Waals surface area contributed by atoms with E-state index in [1.807, 2.05) is 43.3 Å². The van der Waals surface area contributed by atoms with E-state index in [1.165, 1.54) is 5.56 Å². The molecule has 0 bridgehead atoms. The van der Waals surface area contributed by atoms with Gasteiger partial charge in [0, 0.05) is 21.4 Å². The van der Waals surface area contributed by atoms with Gasteiger partial charge in [0.05, 0.1) is 12.6 Å². The number of cyclic esters (lactones) is 1. The second-order valence-electron chi connectivity index (χ2n) is 8.01. The minimum atomic E-state index is -0.485. The lowest BCUT2D eigenvalue weighted by molar-refractivity contribution is -0.129. The smallest absolute Gasteiger partial charge is 0.363 e. The zero-order valence-corrected chi connectivity index (χ0v) is 19.8. The molecule has 1 aliphatic heterocycles. The second-order valence-corrected chi connectivity index (χ2v) is 9.07. The van der Waals surface area contributed by atoms with E-state index in [2.05, 4.69) is 36.2 Å². The molecule has 0 radical (unpaired) electrons. The third kappa shape index (κ3) is 4.45. The van der Waals surface area contributed by atoms with E-state index >= 15 is 0 Å². The van der Waals surface area contributed by atoms with Gasteiger partial charge >= 0.3 is 5.97 Å². The largest absolute Gasteiger partial charge is 0.497 e. The van der Waals surface area contributed by atoms with Crippen LogP contribution in [-0.4, -0.2) is 24.0 Å². The fourth-order valence-corrected chi connectivity index (χ4v) is 4.53. The van der Waals surface area contributed by atoms with Gasteiger partial charge in [-0.15, -0.1) is 0 Å². The maximum absolute atomic E-state index is 12.7. The van der Waals surface area contributed by atoms with E-state index in [1.54, 1.807) is 37.1 Å². The monoisotopic (exact) mass is 466 g/mol. The minimum absolute atomic E-state index is 0.241. The zero-order chi connectivity index (χ0) is 23.7. The number of hydrogen-bond donors (Lipinski definition) is 0. The van der Waals surface area contributed by atoms with Crippen LogP contribution in [0.3, 0.4) is 0 Å². The van der Waals surface area contributed by atoms with Gasteiger partial charge in [-0.05, 0) is 68.0 Å². The fraction of sp³-hybridized carbons (Fsp3) is 0.107. The van der Waals surface area contributed by atoms with Crippen LogP contribution in [0, 0.1) is 13.8 Å². The summed E-state index contributed by atoms with van der Waals surface area (Å²) in [4.78, 5) is 23.2. The highest BCUT2D eigenvalue weighted by Crippen LogP contribution is 2.34. The first kappa shape index (κ1) is 21.9. The van der Waals surface area contributed by atoms with Crippen molar-refractivity contribution in [1.82, 2.24) is 4.98 Å². The topological polar surface area (TPSA) is 60.8 Å². The summed E-state index contributed by atoms with van der Waals surface area (Å²) in [7, 11) is 1.61. The fourth-order valence-electron chi connectivity index (χ4n) is 3.66. The van der Waals surface area contributed by atoms with Crippen molar-refractivity contribution in [3.8, 4) is 5.75 Å². The Bertz CT molecular complexity index is 1460. The molecule has 0 N–H and O–H groups in total. The quantitative estimate of drug-likeness (QED) is 0.253. The Morgan fingerprint density at radius 3 is 2.47 bits per heavy atom. The molecule has 6 heteroatoms. The van der Waals surface area contributed by atoms with Gasteiger partial charge in [0.25, 0.3) is 0 Å². The highest BCUT2D eigenvalue weighted by atomic mass is 32.2. The molecule has 5 rings (SSSR count).